The van der Waals surface area contributed by atoms with Gasteiger partial charge in [0.2, 0.25) is 0 Å². The molecule has 1 heterocycles. The van der Waals surface area contributed by atoms with Gasteiger partial charge in [0.1, 0.15) is 5.78 Å². The highest BCUT2D eigenvalue weighted by Crippen LogP contribution is 2.22. The number of carbonyl (C=O) groups excluding carboxylic acids is 2. The molecule has 1 aliphatic rings. The molecule has 0 amide bonds. The highest BCUT2D eigenvalue weighted by molar-refractivity contribution is 5.94. The summed E-state index contributed by atoms with van der Waals surface area (Å²) in [4.78, 5) is 26.2. The fourth-order valence-corrected chi connectivity index (χ4v) is 3.25. The molecule has 1 saturated heterocycles. The van der Waals surface area contributed by atoms with Gasteiger partial charge in [-0.15, -0.1) is 0 Å². The molecule has 3 nitrogen and oxygen atoms in total. The van der Waals surface area contributed by atoms with Crippen molar-refractivity contribution >= 4 is 11.6 Å². The van der Waals surface area contributed by atoms with Crippen LogP contribution in [-0.2, 0) is 11.2 Å². The van der Waals surface area contributed by atoms with Gasteiger partial charge in [0.05, 0.1) is 0 Å². The fourth-order valence-electron chi connectivity index (χ4n) is 3.25. The van der Waals surface area contributed by atoms with Crippen molar-refractivity contribution in [3.8, 4) is 0 Å². The molecule has 0 radical (unpaired) electrons. The minimum atomic E-state index is 0.0501. The second kappa shape index (κ2) is 7.68. The SMILES string of the molecule is CC(=O)c1cccc(CC(=O)C[C@@H]2CCCN(C(C)C)C2)c1. The van der Waals surface area contributed by atoms with Gasteiger partial charge in [0, 0.05) is 31.0 Å². The van der Waals surface area contributed by atoms with E-state index in [-0.39, 0.29) is 11.6 Å². The Hall–Kier alpha value is -1.48. The number of hydrogen-bond acceptors (Lipinski definition) is 3. The summed E-state index contributed by atoms with van der Waals surface area (Å²) >= 11 is 0. The number of rotatable bonds is 6. The molecule has 1 fully saturated rings. The van der Waals surface area contributed by atoms with Crippen molar-refractivity contribution in [2.24, 2.45) is 5.92 Å². The van der Waals surface area contributed by atoms with E-state index in [0.717, 1.165) is 25.1 Å². The van der Waals surface area contributed by atoms with E-state index in [9.17, 15) is 9.59 Å². The molecule has 120 valence electrons. The van der Waals surface area contributed by atoms with E-state index in [0.29, 0.717) is 30.4 Å². The molecule has 0 saturated carbocycles. The van der Waals surface area contributed by atoms with Crippen molar-refractivity contribution in [3.63, 3.8) is 0 Å². The maximum Gasteiger partial charge on any atom is 0.159 e. The lowest BCUT2D eigenvalue weighted by Crippen LogP contribution is -2.40. The number of ketones is 2. The first-order chi connectivity index (χ1) is 10.5. The smallest absolute Gasteiger partial charge is 0.159 e. The van der Waals surface area contributed by atoms with Crippen LogP contribution in [0.15, 0.2) is 24.3 Å². The minimum absolute atomic E-state index is 0.0501. The second-order valence-corrected chi connectivity index (χ2v) is 6.77. The number of hydrogen-bond donors (Lipinski definition) is 0. The van der Waals surface area contributed by atoms with Crippen LogP contribution in [0.3, 0.4) is 0 Å². The van der Waals surface area contributed by atoms with Gasteiger partial charge in [-0.3, -0.25) is 9.59 Å². The summed E-state index contributed by atoms with van der Waals surface area (Å²) in [5.74, 6) is 0.824. The Balaban J connectivity index is 1.90. The molecule has 1 aromatic rings. The molecule has 1 atom stereocenters. The maximum atomic E-state index is 12.3. The lowest BCUT2D eigenvalue weighted by atomic mass is 9.90. The van der Waals surface area contributed by atoms with Crippen LogP contribution in [-0.4, -0.2) is 35.6 Å². The van der Waals surface area contributed by atoms with Gasteiger partial charge in [-0.2, -0.15) is 0 Å². The van der Waals surface area contributed by atoms with E-state index in [1.54, 1.807) is 13.0 Å². The van der Waals surface area contributed by atoms with Gasteiger partial charge in [-0.1, -0.05) is 18.2 Å². The Kier molecular flexibility index (Phi) is 5.90. The van der Waals surface area contributed by atoms with Crippen LogP contribution < -0.4 is 0 Å². The fraction of sp³-hybridized carbons (Fsp3) is 0.579. The first kappa shape index (κ1) is 16.9. The molecule has 0 unspecified atom stereocenters. The van der Waals surface area contributed by atoms with Gasteiger partial charge in [0.15, 0.2) is 5.78 Å². The summed E-state index contributed by atoms with van der Waals surface area (Å²) < 4.78 is 0. The number of nitrogens with zero attached hydrogens (tertiary/aromatic N) is 1. The molecule has 1 aliphatic heterocycles. The third-order valence-electron chi connectivity index (χ3n) is 4.53. The summed E-state index contributed by atoms with van der Waals surface area (Å²) in [5, 5.41) is 0. The Morgan fingerprint density at radius 1 is 1.32 bits per heavy atom. The van der Waals surface area contributed by atoms with Gasteiger partial charge in [-0.25, -0.2) is 0 Å². The Morgan fingerprint density at radius 2 is 2.09 bits per heavy atom. The lowest BCUT2D eigenvalue weighted by molar-refractivity contribution is -0.119. The molecule has 0 aromatic heterocycles. The van der Waals surface area contributed by atoms with E-state index >= 15 is 0 Å². The van der Waals surface area contributed by atoms with Crippen LogP contribution in [0.4, 0.5) is 0 Å². The van der Waals surface area contributed by atoms with Crippen LogP contribution in [0, 0.1) is 5.92 Å². The van der Waals surface area contributed by atoms with Crippen molar-refractivity contribution in [3.05, 3.63) is 35.4 Å². The molecule has 1 aromatic carbocycles. The van der Waals surface area contributed by atoms with E-state index in [1.807, 2.05) is 18.2 Å². The number of piperidine rings is 1. The Bertz CT molecular complexity index is 536. The van der Waals surface area contributed by atoms with E-state index in [4.69, 9.17) is 0 Å². The standard InChI is InChI=1S/C19H27NO2/c1-14(2)20-9-5-7-17(13-20)12-19(22)11-16-6-4-8-18(10-16)15(3)21/h4,6,8,10,14,17H,5,7,9,11-13H2,1-3H3/t17-/m0/s1. The monoisotopic (exact) mass is 301 g/mol. The zero-order valence-electron chi connectivity index (χ0n) is 14.0. The summed E-state index contributed by atoms with van der Waals surface area (Å²) in [5.41, 5.74) is 1.64. The molecule has 0 N–H and O–H groups in total. The van der Waals surface area contributed by atoms with Gasteiger partial charge < -0.3 is 4.90 Å². The van der Waals surface area contributed by atoms with Crippen molar-refractivity contribution in [2.75, 3.05) is 13.1 Å². The zero-order chi connectivity index (χ0) is 16.1. The minimum Gasteiger partial charge on any atom is -0.301 e. The number of benzene rings is 1. The Labute approximate surface area is 133 Å². The van der Waals surface area contributed by atoms with Gasteiger partial charge in [-0.05, 0) is 57.7 Å². The van der Waals surface area contributed by atoms with Crippen LogP contribution in [0.2, 0.25) is 0 Å². The van der Waals surface area contributed by atoms with Crippen molar-refractivity contribution in [1.29, 1.82) is 0 Å². The van der Waals surface area contributed by atoms with Crippen LogP contribution in [0.1, 0.15) is 56.0 Å². The predicted octanol–water partition coefficient (Wildman–Crippen LogP) is 3.51. The summed E-state index contributed by atoms with van der Waals surface area (Å²) in [6, 6.07) is 8.01. The van der Waals surface area contributed by atoms with Gasteiger partial charge in [0.25, 0.3) is 0 Å². The molecule has 0 bridgehead atoms. The molecular formula is C19H27NO2. The van der Waals surface area contributed by atoms with E-state index in [1.165, 1.54) is 6.42 Å². The highest BCUT2D eigenvalue weighted by Gasteiger charge is 2.23. The second-order valence-electron chi connectivity index (χ2n) is 6.77. The number of Topliss-reactive ketones (excluding diaryl/α,β-unsaturated/α-hetero) is 2. The van der Waals surface area contributed by atoms with E-state index < -0.39 is 0 Å². The Morgan fingerprint density at radius 3 is 2.77 bits per heavy atom. The number of carbonyl (C=O) groups is 2. The summed E-state index contributed by atoms with van der Waals surface area (Å²) in [7, 11) is 0. The third-order valence-corrected chi connectivity index (χ3v) is 4.53. The molecule has 0 aliphatic carbocycles. The molecule has 22 heavy (non-hydrogen) atoms. The zero-order valence-corrected chi connectivity index (χ0v) is 14.0. The maximum absolute atomic E-state index is 12.3. The quantitative estimate of drug-likeness (QED) is 0.755. The highest BCUT2D eigenvalue weighted by atomic mass is 16.1. The van der Waals surface area contributed by atoms with Gasteiger partial charge >= 0.3 is 0 Å². The van der Waals surface area contributed by atoms with Crippen LogP contribution in [0.25, 0.3) is 0 Å². The number of likely N-dealkylation sites (tertiary alicyclic amines) is 1. The van der Waals surface area contributed by atoms with E-state index in [2.05, 4.69) is 18.7 Å². The van der Waals surface area contributed by atoms with Crippen molar-refractivity contribution in [1.82, 2.24) is 4.90 Å². The summed E-state index contributed by atoms with van der Waals surface area (Å²) in [6.45, 7) is 8.19. The molecular weight excluding hydrogens is 274 g/mol. The average Bonchev–Trinajstić information content (AvgIpc) is 2.47. The predicted molar refractivity (Wildman–Crippen MR) is 89.2 cm³/mol. The topological polar surface area (TPSA) is 37.4 Å². The van der Waals surface area contributed by atoms with Crippen LogP contribution >= 0.6 is 0 Å². The first-order valence-electron chi connectivity index (χ1n) is 8.31. The van der Waals surface area contributed by atoms with Crippen LogP contribution in [0.5, 0.6) is 0 Å². The lowest BCUT2D eigenvalue weighted by Gasteiger charge is -2.35. The normalized spacial score (nSPS) is 19.4. The molecule has 0 spiro atoms. The van der Waals surface area contributed by atoms with Crippen molar-refractivity contribution < 1.29 is 9.59 Å². The average molecular weight is 301 g/mol. The molecule has 3 heteroatoms. The largest absolute Gasteiger partial charge is 0.301 e. The van der Waals surface area contributed by atoms with Crippen molar-refractivity contribution in [2.45, 2.75) is 52.5 Å². The summed E-state index contributed by atoms with van der Waals surface area (Å²) in [6.07, 6.45) is 3.45. The first-order valence-corrected chi connectivity index (χ1v) is 8.31. The third kappa shape index (κ3) is 4.77. The molecule has 2 rings (SSSR count).